The second kappa shape index (κ2) is 5.75. The summed E-state index contributed by atoms with van der Waals surface area (Å²) in [6, 6.07) is 0. The molecule has 2 atom stereocenters. The van der Waals surface area contributed by atoms with Crippen LogP contribution in [0.5, 0.6) is 0 Å². The number of hydrogen-bond acceptors (Lipinski definition) is 0. The lowest BCUT2D eigenvalue weighted by Crippen LogP contribution is -2.01. The predicted molar refractivity (Wildman–Crippen MR) is 61.3 cm³/mol. The first-order valence-electron chi connectivity index (χ1n) is 5.02. The average Bonchev–Trinajstić information content (AvgIpc) is 2.03. The van der Waals surface area contributed by atoms with Crippen molar-refractivity contribution >= 4 is 9.24 Å². The van der Waals surface area contributed by atoms with E-state index in [1.807, 2.05) is 0 Å². The lowest BCUT2D eigenvalue weighted by molar-refractivity contribution is 0.644. The van der Waals surface area contributed by atoms with E-state index < -0.39 is 0 Å². The maximum atomic E-state index is 2.93. The zero-order valence-corrected chi connectivity index (χ0v) is 10.3. The molecule has 0 nitrogen and oxygen atoms in total. The first kappa shape index (κ1) is 12.2. The number of hydrogen-bond donors (Lipinski definition) is 0. The summed E-state index contributed by atoms with van der Waals surface area (Å²) >= 11 is 0. The highest BCUT2D eigenvalue weighted by Gasteiger charge is 2.09. The molecule has 72 valence electrons. The lowest BCUT2D eigenvalue weighted by atomic mass is 9.95. The minimum absolute atomic E-state index is 0.705. The van der Waals surface area contributed by atoms with Gasteiger partial charge < -0.3 is 0 Å². The van der Waals surface area contributed by atoms with Crippen molar-refractivity contribution in [3.63, 3.8) is 0 Å². The van der Waals surface area contributed by atoms with E-state index >= 15 is 0 Å². The van der Waals surface area contributed by atoms with Crippen LogP contribution in [0.25, 0.3) is 0 Å². The summed E-state index contributed by atoms with van der Waals surface area (Å²) in [6.45, 7) is 11.4. The van der Waals surface area contributed by atoms with Gasteiger partial charge in [-0.1, -0.05) is 45.5 Å². The maximum absolute atomic E-state index is 2.93. The standard InChI is InChI=1S/C11H23P/c1-6-9(5)11(12)10(7-2)8(3)4/h8-9H,6-7,12H2,1-5H3/b11-10+. The third kappa shape index (κ3) is 3.27. The van der Waals surface area contributed by atoms with Crippen molar-refractivity contribution in [3.8, 4) is 0 Å². The molecule has 0 saturated carbocycles. The maximum Gasteiger partial charge on any atom is -0.0194 e. The Kier molecular flexibility index (Phi) is 5.84. The van der Waals surface area contributed by atoms with Gasteiger partial charge in [-0.2, -0.15) is 0 Å². The molecule has 0 saturated heterocycles. The number of rotatable bonds is 4. The zero-order chi connectivity index (χ0) is 9.72. The molecule has 0 N–H and O–H groups in total. The molecule has 0 aliphatic rings. The monoisotopic (exact) mass is 186 g/mol. The largest absolute Gasteiger partial charge is 0.110 e. The topological polar surface area (TPSA) is 0 Å². The fourth-order valence-electron chi connectivity index (χ4n) is 1.48. The van der Waals surface area contributed by atoms with Crippen LogP contribution in [0.3, 0.4) is 0 Å². The van der Waals surface area contributed by atoms with Crippen molar-refractivity contribution in [2.45, 2.75) is 47.5 Å². The Hall–Kier alpha value is 0.170. The van der Waals surface area contributed by atoms with Crippen molar-refractivity contribution in [3.05, 3.63) is 10.9 Å². The van der Waals surface area contributed by atoms with E-state index in [1.54, 1.807) is 5.57 Å². The third-order valence-electron chi connectivity index (χ3n) is 2.59. The molecular formula is C11H23P. The molecule has 0 rings (SSSR count). The van der Waals surface area contributed by atoms with Crippen LogP contribution in [0.4, 0.5) is 0 Å². The third-order valence-corrected chi connectivity index (χ3v) is 3.53. The molecule has 0 aliphatic heterocycles. The highest BCUT2D eigenvalue weighted by atomic mass is 31.0. The van der Waals surface area contributed by atoms with Gasteiger partial charge in [-0.3, -0.25) is 0 Å². The van der Waals surface area contributed by atoms with Gasteiger partial charge in [0, 0.05) is 0 Å². The summed E-state index contributed by atoms with van der Waals surface area (Å²) in [5, 5.41) is 1.54. The number of allylic oxidation sites excluding steroid dienone is 2. The summed E-state index contributed by atoms with van der Waals surface area (Å²) in [5.74, 6) is 1.43. The smallest absolute Gasteiger partial charge is 0.0194 e. The van der Waals surface area contributed by atoms with Gasteiger partial charge in [0.25, 0.3) is 0 Å². The summed E-state index contributed by atoms with van der Waals surface area (Å²) in [4.78, 5) is 0. The van der Waals surface area contributed by atoms with Gasteiger partial charge in [0.2, 0.25) is 0 Å². The average molecular weight is 186 g/mol. The van der Waals surface area contributed by atoms with Crippen LogP contribution in [0, 0.1) is 11.8 Å². The molecule has 0 aromatic heterocycles. The molecule has 2 unspecified atom stereocenters. The van der Waals surface area contributed by atoms with Crippen LogP contribution < -0.4 is 0 Å². The minimum atomic E-state index is 0.705. The van der Waals surface area contributed by atoms with E-state index in [4.69, 9.17) is 0 Å². The van der Waals surface area contributed by atoms with Crippen molar-refractivity contribution in [2.24, 2.45) is 11.8 Å². The van der Waals surface area contributed by atoms with E-state index in [0.717, 1.165) is 5.92 Å². The second-order valence-electron chi connectivity index (χ2n) is 3.80. The molecule has 0 spiro atoms. The fourth-order valence-corrected chi connectivity index (χ4v) is 2.26. The molecule has 0 fully saturated rings. The summed E-state index contributed by atoms with van der Waals surface area (Å²) in [5.41, 5.74) is 1.62. The molecule has 0 aromatic rings. The van der Waals surface area contributed by atoms with Gasteiger partial charge in [-0.15, -0.1) is 9.24 Å². The molecule has 1 heteroatoms. The molecular weight excluding hydrogens is 163 g/mol. The lowest BCUT2D eigenvalue weighted by Gasteiger charge is -2.18. The van der Waals surface area contributed by atoms with E-state index in [1.165, 1.54) is 18.2 Å². The Balaban J connectivity index is 4.59. The summed E-state index contributed by atoms with van der Waals surface area (Å²) in [7, 11) is 2.93. The molecule has 12 heavy (non-hydrogen) atoms. The summed E-state index contributed by atoms with van der Waals surface area (Å²) in [6.07, 6.45) is 2.44. The highest BCUT2D eigenvalue weighted by molar-refractivity contribution is 7.22. The Morgan fingerprint density at radius 2 is 1.67 bits per heavy atom. The van der Waals surface area contributed by atoms with E-state index in [-0.39, 0.29) is 0 Å². The predicted octanol–water partition coefficient (Wildman–Crippen LogP) is 4.23. The van der Waals surface area contributed by atoms with Crippen LogP contribution in [0.15, 0.2) is 10.9 Å². The van der Waals surface area contributed by atoms with Crippen molar-refractivity contribution < 1.29 is 0 Å². The van der Waals surface area contributed by atoms with Crippen LogP contribution in [0.1, 0.15) is 47.5 Å². The van der Waals surface area contributed by atoms with Gasteiger partial charge in [-0.25, -0.2) is 0 Å². The van der Waals surface area contributed by atoms with Gasteiger partial charge in [0.1, 0.15) is 0 Å². The fraction of sp³-hybridized carbons (Fsp3) is 0.818. The first-order chi connectivity index (χ1) is 5.54. The van der Waals surface area contributed by atoms with E-state index in [0.29, 0.717) is 5.92 Å². The summed E-state index contributed by atoms with van der Waals surface area (Å²) < 4.78 is 0. The Morgan fingerprint density at radius 1 is 1.17 bits per heavy atom. The van der Waals surface area contributed by atoms with Gasteiger partial charge in [0.15, 0.2) is 0 Å². The molecule has 0 aromatic carbocycles. The Bertz CT molecular complexity index is 156. The van der Waals surface area contributed by atoms with Gasteiger partial charge in [-0.05, 0) is 24.7 Å². The van der Waals surface area contributed by atoms with Gasteiger partial charge in [0.05, 0.1) is 0 Å². The van der Waals surface area contributed by atoms with Crippen LogP contribution in [-0.2, 0) is 0 Å². The first-order valence-corrected chi connectivity index (χ1v) is 5.60. The van der Waals surface area contributed by atoms with Crippen LogP contribution >= 0.6 is 9.24 Å². The van der Waals surface area contributed by atoms with Crippen LogP contribution in [-0.4, -0.2) is 0 Å². The SMILES string of the molecule is CC/C(=C(\P)C(C)CC)C(C)C. The normalized spacial score (nSPS) is 16.2. The molecule has 0 bridgehead atoms. The molecule has 0 heterocycles. The highest BCUT2D eigenvalue weighted by Crippen LogP contribution is 2.30. The van der Waals surface area contributed by atoms with E-state index in [9.17, 15) is 0 Å². The zero-order valence-electron chi connectivity index (χ0n) is 9.15. The second-order valence-corrected chi connectivity index (χ2v) is 4.42. The minimum Gasteiger partial charge on any atom is -0.110 e. The Morgan fingerprint density at radius 3 is 1.92 bits per heavy atom. The molecule has 0 radical (unpaired) electrons. The van der Waals surface area contributed by atoms with Crippen LogP contribution in [0.2, 0.25) is 0 Å². The van der Waals surface area contributed by atoms with Gasteiger partial charge >= 0.3 is 0 Å². The van der Waals surface area contributed by atoms with Crippen molar-refractivity contribution in [1.29, 1.82) is 0 Å². The molecule has 0 amide bonds. The molecule has 0 aliphatic carbocycles. The van der Waals surface area contributed by atoms with Crippen molar-refractivity contribution in [2.75, 3.05) is 0 Å². The Labute approximate surface area is 80.0 Å². The van der Waals surface area contributed by atoms with E-state index in [2.05, 4.69) is 43.9 Å². The quantitative estimate of drug-likeness (QED) is 0.576. The van der Waals surface area contributed by atoms with Crippen molar-refractivity contribution in [1.82, 2.24) is 0 Å².